The maximum absolute atomic E-state index is 5.21. The van der Waals surface area contributed by atoms with Crippen LogP contribution in [0.3, 0.4) is 0 Å². The lowest BCUT2D eigenvalue weighted by Crippen LogP contribution is -1.92. The minimum Gasteiger partial charge on any atom is -0.359 e. The summed E-state index contributed by atoms with van der Waals surface area (Å²) in [4.78, 5) is 0. The molecule has 52 valence electrons. The Kier molecular flexibility index (Phi) is 4.09. The topological polar surface area (TPSA) is 52.0 Å². The molecule has 0 amide bonds. The van der Waals surface area contributed by atoms with Crippen LogP contribution in [0, 0.1) is 0 Å². The molecule has 0 fully saturated rings. The Bertz CT molecular complexity index is 177. The molecule has 2 N–H and O–H groups in total. The van der Waals surface area contributed by atoms with E-state index in [0.717, 1.165) is 0 Å². The van der Waals surface area contributed by atoms with Gasteiger partial charge < -0.3 is 10.3 Å². The van der Waals surface area contributed by atoms with Crippen molar-refractivity contribution in [3.8, 4) is 0 Å². The molecule has 0 spiro atoms. The van der Waals surface area contributed by atoms with Gasteiger partial charge in [-0.2, -0.15) is 0 Å². The monoisotopic (exact) mass is 256 g/mol. The standard InChI is InChI=1S/C4H5BrN2O.BrH/c5-4-1-3(2-6)8-7-4;/h1H,2,6H2;1H. The van der Waals surface area contributed by atoms with Gasteiger partial charge >= 0.3 is 0 Å². The van der Waals surface area contributed by atoms with Crippen LogP contribution in [0.5, 0.6) is 0 Å². The Hall–Kier alpha value is 0.130. The van der Waals surface area contributed by atoms with Crippen molar-refractivity contribution in [2.24, 2.45) is 5.73 Å². The van der Waals surface area contributed by atoms with Gasteiger partial charge in [0, 0.05) is 6.07 Å². The van der Waals surface area contributed by atoms with Crippen molar-refractivity contribution in [3.63, 3.8) is 0 Å². The fraction of sp³-hybridized carbons (Fsp3) is 0.250. The molecule has 9 heavy (non-hydrogen) atoms. The molecule has 5 heteroatoms. The van der Waals surface area contributed by atoms with E-state index in [2.05, 4.69) is 21.1 Å². The quantitative estimate of drug-likeness (QED) is 0.829. The molecule has 0 aliphatic heterocycles. The van der Waals surface area contributed by atoms with E-state index >= 15 is 0 Å². The van der Waals surface area contributed by atoms with Crippen LogP contribution < -0.4 is 5.73 Å². The van der Waals surface area contributed by atoms with Gasteiger partial charge in [-0.1, -0.05) is 5.16 Å². The third-order valence-electron chi connectivity index (χ3n) is 0.731. The van der Waals surface area contributed by atoms with Crippen molar-refractivity contribution in [1.29, 1.82) is 0 Å². The Morgan fingerprint density at radius 1 is 1.78 bits per heavy atom. The van der Waals surface area contributed by atoms with Gasteiger partial charge in [-0.05, 0) is 15.9 Å². The van der Waals surface area contributed by atoms with E-state index in [9.17, 15) is 0 Å². The van der Waals surface area contributed by atoms with Crippen molar-refractivity contribution in [2.45, 2.75) is 6.54 Å². The van der Waals surface area contributed by atoms with Crippen LogP contribution in [-0.2, 0) is 6.54 Å². The fourth-order valence-corrected chi connectivity index (χ4v) is 0.712. The minimum atomic E-state index is 0. The van der Waals surface area contributed by atoms with Gasteiger partial charge in [0.1, 0.15) is 4.60 Å². The zero-order chi connectivity index (χ0) is 5.98. The number of hydrogen-bond acceptors (Lipinski definition) is 3. The van der Waals surface area contributed by atoms with Crippen molar-refractivity contribution >= 4 is 32.9 Å². The highest BCUT2D eigenvalue weighted by atomic mass is 79.9. The minimum absolute atomic E-state index is 0. The number of nitrogens with zero attached hydrogens (tertiary/aromatic N) is 1. The Labute approximate surface area is 71.5 Å². The Morgan fingerprint density at radius 3 is 2.67 bits per heavy atom. The maximum Gasteiger partial charge on any atom is 0.151 e. The summed E-state index contributed by atoms with van der Waals surface area (Å²) in [6, 6.07) is 1.74. The van der Waals surface area contributed by atoms with Crippen LogP contribution in [0.1, 0.15) is 5.76 Å². The molecule has 1 aromatic heterocycles. The molecular formula is C4H6Br2N2O. The highest BCUT2D eigenvalue weighted by Crippen LogP contribution is 2.07. The summed E-state index contributed by atoms with van der Waals surface area (Å²) >= 11 is 3.11. The average molecular weight is 258 g/mol. The van der Waals surface area contributed by atoms with E-state index in [-0.39, 0.29) is 17.0 Å². The first-order valence-electron chi connectivity index (χ1n) is 2.14. The molecule has 0 atom stereocenters. The molecule has 0 aliphatic rings. The lowest BCUT2D eigenvalue weighted by atomic mass is 10.5. The van der Waals surface area contributed by atoms with Crippen molar-refractivity contribution in [2.75, 3.05) is 0 Å². The lowest BCUT2D eigenvalue weighted by molar-refractivity contribution is 0.381. The number of halogens is 2. The molecule has 0 saturated carbocycles. The first-order chi connectivity index (χ1) is 3.83. The summed E-state index contributed by atoms with van der Waals surface area (Å²) in [6.07, 6.45) is 0. The van der Waals surface area contributed by atoms with Gasteiger partial charge in [0.2, 0.25) is 0 Å². The van der Waals surface area contributed by atoms with Gasteiger partial charge in [-0.25, -0.2) is 0 Å². The summed E-state index contributed by atoms with van der Waals surface area (Å²) in [6.45, 7) is 0.401. The van der Waals surface area contributed by atoms with Crippen LogP contribution in [0.15, 0.2) is 15.2 Å². The molecule has 0 aromatic carbocycles. The highest BCUT2D eigenvalue weighted by molar-refractivity contribution is 9.10. The van der Waals surface area contributed by atoms with E-state index in [0.29, 0.717) is 16.9 Å². The second-order valence-corrected chi connectivity index (χ2v) is 2.13. The van der Waals surface area contributed by atoms with Gasteiger partial charge in [0.25, 0.3) is 0 Å². The molecule has 0 saturated heterocycles. The summed E-state index contributed by atoms with van der Waals surface area (Å²) in [5, 5.41) is 3.55. The summed E-state index contributed by atoms with van der Waals surface area (Å²) in [7, 11) is 0. The van der Waals surface area contributed by atoms with Crippen LogP contribution in [0.25, 0.3) is 0 Å². The van der Waals surface area contributed by atoms with Gasteiger partial charge in [0.15, 0.2) is 5.76 Å². The molecule has 0 unspecified atom stereocenters. The predicted octanol–water partition coefficient (Wildman–Crippen LogP) is 1.47. The molecule has 0 radical (unpaired) electrons. The van der Waals surface area contributed by atoms with Crippen LogP contribution in [-0.4, -0.2) is 5.16 Å². The smallest absolute Gasteiger partial charge is 0.151 e. The zero-order valence-corrected chi connectivity index (χ0v) is 7.80. The SMILES string of the molecule is Br.NCc1cc(Br)no1. The first kappa shape index (κ1) is 9.13. The van der Waals surface area contributed by atoms with E-state index in [4.69, 9.17) is 10.3 Å². The number of hydrogen-bond donors (Lipinski definition) is 1. The second-order valence-electron chi connectivity index (χ2n) is 1.32. The van der Waals surface area contributed by atoms with Crippen LogP contribution in [0.2, 0.25) is 0 Å². The van der Waals surface area contributed by atoms with Crippen molar-refractivity contribution in [1.82, 2.24) is 5.16 Å². The van der Waals surface area contributed by atoms with E-state index in [1.165, 1.54) is 0 Å². The zero-order valence-electron chi connectivity index (χ0n) is 4.50. The predicted molar refractivity (Wildman–Crippen MR) is 42.4 cm³/mol. The number of nitrogens with two attached hydrogens (primary N) is 1. The van der Waals surface area contributed by atoms with Gasteiger partial charge in [-0.15, -0.1) is 17.0 Å². The van der Waals surface area contributed by atoms with Gasteiger partial charge in [0.05, 0.1) is 6.54 Å². The molecule has 3 nitrogen and oxygen atoms in total. The fourth-order valence-electron chi connectivity index (χ4n) is 0.384. The Balaban J connectivity index is 0.000000640. The molecule has 0 aliphatic carbocycles. The molecule has 1 rings (SSSR count). The third-order valence-corrected chi connectivity index (χ3v) is 1.11. The van der Waals surface area contributed by atoms with Crippen molar-refractivity contribution in [3.05, 3.63) is 16.4 Å². The summed E-state index contributed by atoms with van der Waals surface area (Å²) in [5.41, 5.74) is 5.21. The molecule has 1 aromatic rings. The van der Waals surface area contributed by atoms with E-state index in [1.807, 2.05) is 0 Å². The third kappa shape index (κ3) is 2.47. The van der Waals surface area contributed by atoms with Crippen LogP contribution >= 0.6 is 32.9 Å². The molecule has 1 heterocycles. The van der Waals surface area contributed by atoms with Crippen LogP contribution in [0.4, 0.5) is 0 Å². The number of aromatic nitrogens is 1. The Morgan fingerprint density at radius 2 is 2.44 bits per heavy atom. The second kappa shape index (κ2) is 4.03. The largest absolute Gasteiger partial charge is 0.359 e. The van der Waals surface area contributed by atoms with E-state index < -0.39 is 0 Å². The normalized spacial score (nSPS) is 8.67. The van der Waals surface area contributed by atoms with E-state index in [1.54, 1.807) is 6.07 Å². The first-order valence-corrected chi connectivity index (χ1v) is 2.93. The maximum atomic E-state index is 5.21. The number of rotatable bonds is 1. The van der Waals surface area contributed by atoms with Gasteiger partial charge in [-0.3, -0.25) is 0 Å². The highest BCUT2D eigenvalue weighted by Gasteiger charge is 1.95. The lowest BCUT2D eigenvalue weighted by Gasteiger charge is -1.77. The van der Waals surface area contributed by atoms with Crippen molar-refractivity contribution < 1.29 is 4.52 Å². The molecule has 0 bridgehead atoms. The summed E-state index contributed by atoms with van der Waals surface area (Å²) in [5.74, 6) is 0.692. The average Bonchev–Trinajstić information content (AvgIpc) is 2.14. The summed E-state index contributed by atoms with van der Waals surface area (Å²) < 4.78 is 5.38. The molecular weight excluding hydrogens is 252 g/mol.